The van der Waals surface area contributed by atoms with Crippen LogP contribution in [0, 0.1) is 17.2 Å². The Labute approximate surface area is 160 Å². The molecule has 0 aliphatic rings. The maximum atomic E-state index is 13.5. The Bertz CT molecular complexity index is 669. The maximum Gasteiger partial charge on any atom is 0.407 e. The van der Waals surface area contributed by atoms with E-state index in [1.165, 1.54) is 12.1 Å². The molecular formula is C16H16BrF6N3O. The van der Waals surface area contributed by atoms with E-state index < -0.39 is 49.2 Å². The van der Waals surface area contributed by atoms with Gasteiger partial charge in [0.2, 0.25) is 5.91 Å². The smallest absolute Gasteiger partial charge is 0.342 e. The van der Waals surface area contributed by atoms with Gasteiger partial charge in [-0.3, -0.25) is 10.1 Å². The number of hydrogen-bond donors (Lipinski definition) is 2. The third-order valence-corrected chi connectivity index (χ3v) is 4.23. The third kappa shape index (κ3) is 7.38. The first-order valence-electron chi connectivity index (χ1n) is 7.65. The molecule has 27 heavy (non-hydrogen) atoms. The normalized spacial score (nSPS) is 15.5. The average molecular weight is 460 g/mol. The van der Waals surface area contributed by atoms with E-state index in [2.05, 4.69) is 15.9 Å². The molecule has 3 atom stereocenters. The molecule has 0 saturated carbocycles. The fourth-order valence-electron chi connectivity index (χ4n) is 2.22. The topological polar surface area (TPSA) is 64.9 Å². The molecule has 0 fully saturated rings. The van der Waals surface area contributed by atoms with E-state index in [0.717, 1.165) is 19.1 Å². The summed E-state index contributed by atoms with van der Waals surface area (Å²) in [7, 11) is 0. The molecule has 0 saturated heterocycles. The fraction of sp³-hybridized carbons (Fsp3) is 0.500. The van der Waals surface area contributed by atoms with Gasteiger partial charge in [0.15, 0.2) is 0 Å². The fourth-order valence-corrected chi connectivity index (χ4v) is 2.49. The second-order valence-corrected chi connectivity index (χ2v) is 6.72. The minimum atomic E-state index is -4.86. The van der Waals surface area contributed by atoms with Crippen molar-refractivity contribution in [2.45, 2.75) is 37.8 Å². The van der Waals surface area contributed by atoms with E-state index in [4.69, 9.17) is 5.26 Å². The molecule has 0 aromatic heterocycles. The van der Waals surface area contributed by atoms with Crippen molar-refractivity contribution in [2.24, 2.45) is 5.92 Å². The number of nitriles is 1. The highest BCUT2D eigenvalue weighted by atomic mass is 79.9. The summed E-state index contributed by atoms with van der Waals surface area (Å²) in [5.74, 6) is -3.14. The molecule has 4 nitrogen and oxygen atoms in total. The van der Waals surface area contributed by atoms with Crippen LogP contribution in [0.4, 0.5) is 26.3 Å². The van der Waals surface area contributed by atoms with Crippen LogP contribution in [0.2, 0.25) is 0 Å². The highest BCUT2D eigenvalue weighted by molar-refractivity contribution is 9.10. The first-order chi connectivity index (χ1) is 12.4. The highest BCUT2D eigenvalue weighted by Crippen LogP contribution is 2.35. The van der Waals surface area contributed by atoms with Crippen LogP contribution in [-0.4, -0.2) is 30.8 Å². The number of benzene rings is 1. The van der Waals surface area contributed by atoms with Gasteiger partial charge in [0.1, 0.15) is 12.6 Å². The number of carbonyl (C=O) groups excluding carboxylic acids is 1. The lowest BCUT2D eigenvalue weighted by atomic mass is 9.98. The SMILES string of the molecule is C[C@@H](C[C@H](N[C@@H](c1ccc(Br)cc1)C(F)(F)F)C(=O)NCC#N)C(F)(F)F. The van der Waals surface area contributed by atoms with Crippen LogP contribution in [0.15, 0.2) is 28.7 Å². The van der Waals surface area contributed by atoms with Gasteiger partial charge in [-0.25, -0.2) is 0 Å². The summed E-state index contributed by atoms with van der Waals surface area (Å²) in [4.78, 5) is 12.0. The molecule has 11 heteroatoms. The molecular weight excluding hydrogens is 444 g/mol. The van der Waals surface area contributed by atoms with Crippen molar-refractivity contribution in [3.05, 3.63) is 34.3 Å². The van der Waals surface area contributed by atoms with Crippen LogP contribution in [0.1, 0.15) is 24.9 Å². The standard InChI is InChI=1S/C16H16BrF6N3O/c1-9(15(18,19)20)8-12(14(27)25-7-6-24)26-13(16(21,22)23)10-2-4-11(17)5-3-10/h2-5,9,12-13,26H,7-8H2,1H3,(H,25,27)/t9-,12-,13-/m0/s1. The number of alkyl halides is 6. The zero-order chi connectivity index (χ0) is 20.8. The summed E-state index contributed by atoms with van der Waals surface area (Å²) in [5, 5.41) is 12.5. The van der Waals surface area contributed by atoms with E-state index in [1.54, 1.807) is 6.07 Å². The number of rotatable bonds is 7. The van der Waals surface area contributed by atoms with Gasteiger partial charge < -0.3 is 5.32 Å². The number of nitrogens with one attached hydrogen (secondary N) is 2. The summed E-state index contributed by atoms with van der Waals surface area (Å²) < 4.78 is 79.4. The molecule has 150 valence electrons. The van der Waals surface area contributed by atoms with Crippen molar-refractivity contribution in [3.8, 4) is 6.07 Å². The van der Waals surface area contributed by atoms with Crippen LogP contribution in [0.25, 0.3) is 0 Å². The molecule has 0 unspecified atom stereocenters. The number of amides is 1. The van der Waals surface area contributed by atoms with Crippen molar-refractivity contribution < 1.29 is 31.1 Å². The lowest BCUT2D eigenvalue weighted by Gasteiger charge is -2.29. The molecule has 0 spiro atoms. The number of nitrogens with zero attached hydrogens (tertiary/aromatic N) is 1. The van der Waals surface area contributed by atoms with Gasteiger partial charge in [-0.05, 0) is 24.1 Å². The van der Waals surface area contributed by atoms with E-state index >= 15 is 0 Å². The molecule has 2 N–H and O–H groups in total. The predicted molar refractivity (Wildman–Crippen MR) is 88.3 cm³/mol. The Morgan fingerprint density at radius 3 is 2.15 bits per heavy atom. The van der Waals surface area contributed by atoms with Crippen molar-refractivity contribution in [1.29, 1.82) is 5.26 Å². The molecule has 0 heterocycles. The molecule has 1 amide bonds. The van der Waals surface area contributed by atoms with Gasteiger partial charge in [-0.2, -0.15) is 31.6 Å². The lowest BCUT2D eigenvalue weighted by Crippen LogP contribution is -2.50. The Hall–Kier alpha value is -1.80. The number of halogens is 7. The largest absolute Gasteiger partial charge is 0.407 e. The second-order valence-electron chi connectivity index (χ2n) is 5.80. The minimum absolute atomic E-state index is 0.261. The van der Waals surface area contributed by atoms with Gasteiger partial charge in [0.05, 0.1) is 18.0 Å². The van der Waals surface area contributed by atoms with E-state index in [9.17, 15) is 31.1 Å². The number of hydrogen-bond acceptors (Lipinski definition) is 3. The predicted octanol–water partition coefficient (Wildman–Crippen LogP) is 4.24. The van der Waals surface area contributed by atoms with Gasteiger partial charge in [-0.15, -0.1) is 0 Å². The zero-order valence-electron chi connectivity index (χ0n) is 14.0. The van der Waals surface area contributed by atoms with E-state index in [1.807, 2.05) is 10.6 Å². The molecule has 1 aromatic rings. The summed E-state index contributed by atoms with van der Waals surface area (Å²) in [5.41, 5.74) is -0.261. The number of carbonyl (C=O) groups is 1. The van der Waals surface area contributed by atoms with Gasteiger partial charge >= 0.3 is 12.4 Å². The monoisotopic (exact) mass is 459 g/mol. The third-order valence-electron chi connectivity index (χ3n) is 3.70. The van der Waals surface area contributed by atoms with Gasteiger partial charge in [0, 0.05) is 4.47 Å². The van der Waals surface area contributed by atoms with Crippen LogP contribution in [-0.2, 0) is 4.79 Å². The lowest BCUT2D eigenvalue weighted by molar-refractivity contribution is -0.177. The van der Waals surface area contributed by atoms with Crippen LogP contribution >= 0.6 is 15.9 Å². The Kier molecular flexibility index (Phi) is 8.10. The van der Waals surface area contributed by atoms with Gasteiger partial charge in [0.25, 0.3) is 0 Å². The van der Waals surface area contributed by atoms with Gasteiger partial charge in [-0.1, -0.05) is 35.0 Å². The van der Waals surface area contributed by atoms with Crippen molar-refractivity contribution in [3.63, 3.8) is 0 Å². The summed E-state index contributed by atoms with van der Waals surface area (Å²) >= 11 is 3.08. The van der Waals surface area contributed by atoms with Crippen molar-refractivity contribution in [2.75, 3.05) is 6.54 Å². The van der Waals surface area contributed by atoms with Crippen LogP contribution in [0.3, 0.4) is 0 Å². The molecule has 0 aliphatic carbocycles. The summed E-state index contributed by atoms with van der Waals surface area (Å²) in [6.07, 6.45) is -10.5. The van der Waals surface area contributed by atoms with Crippen molar-refractivity contribution in [1.82, 2.24) is 10.6 Å². The zero-order valence-corrected chi connectivity index (χ0v) is 15.5. The molecule has 1 aromatic carbocycles. The maximum absolute atomic E-state index is 13.5. The molecule has 0 aliphatic heterocycles. The summed E-state index contributed by atoms with van der Waals surface area (Å²) in [6, 6.07) is 2.37. The Balaban J connectivity index is 3.15. The summed E-state index contributed by atoms with van der Waals surface area (Å²) in [6.45, 7) is 0.237. The van der Waals surface area contributed by atoms with E-state index in [-0.39, 0.29) is 5.56 Å². The average Bonchev–Trinajstić information content (AvgIpc) is 2.55. The van der Waals surface area contributed by atoms with Crippen LogP contribution < -0.4 is 10.6 Å². The van der Waals surface area contributed by atoms with E-state index in [0.29, 0.717) is 4.47 Å². The molecule has 0 bridgehead atoms. The minimum Gasteiger partial charge on any atom is -0.342 e. The first kappa shape index (κ1) is 23.2. The van der Waals surface area contributed by atoms with Crippen molar-refractivity contribution >= 4 is 21.8 Å². The Morgan fingerprint density at radius 2 is 1.70 bits per heavy atom. The van der Waals surface area contributed by atoms with Crippen LogP contribution in [0.5, 0.6) is 0 Å². The second kappa shape index (κ2) is 9.41. The Morgan fingerprint density at radius 1 is 1.15 bits per heavy atom. The highest BCUT2D eigenvalue weighted by Gasteiger charge is 2.45. The molecule has 0 radical (unpaired) electrons. The first-order valence-corrected chi connectivity index (χ1v) is 8.45. The quantitative estimate of drug-likeness (QED) is 0.473. The molecule has 1 rings (SSSR count).